The van der Waals surface area contributed by atoms with Gasteiger partial charge in [0.1, 0.15) is 18.0 Å². The van der Waals surface area contributed by atoms with Gasteiger partial charge in [-0.2, -0.15) is 0 Å². The number of ether oxygens (including phenoxy) is 1. The lowest BCUT2D eigenvalue weighted by Crippen LogP contribution is -2.27. The minimum absolute atomic E-state index is 0.0636. The third-order valence-electron chi connectivity index (χ3n) is 3.28. The highest BCUT2D eigenvalue weighted by Crippen LogP contribution is 2.32. The van der Waals surface area contributed by atoms with E-state index >= 15 is 0 Å². The maximum Gasteiger partial charge on any atom is 0.158 e. The van der Waals surface area contributed by atoms with Crippen LogP contribution < -0.4 is 4.74 Å². The number of carbonyl (C=O) groups excluding carboxylic acids is 1. The van der Waals surface area contributed by atoms with Crippen molar-refractivity contribution in [2.45, 2.75) is 18.6 Å². The van der Waals surface area contributed by atoms with Crippen LogP contribution in [0.1, 0.15) is 18.1 Å². The largest absolute Gasteiger partial charge is 0.497 e. The molecule has 0 bridgehead atoms. The molecule has 19 heavy (non-hydrogen) atoms. The molecule has 1 heterocycles. The Bertz CT molecular complexity index is 542. The third kappa shape index (κ3) is 2.45. The zero-order valence-corrected chi connectivity index (χ0v) is 10.5. The Morgan fingerprint density at radius 2 is 1.95 bits per heavy atom. The van der Waals surface area contributed by atoms with Gasteiger partial charge in [0.25, 0.3) is 0 Å². The maximum absolute atomic E-state index is 11.3. The smallest absolute Gasteiger partial charge is 0.158 e. The van der Waals surface area contributed by atoms with Crippen LogP contribution in [-0.2, 0) is 14.6 Å². The van der Waals surface area contributed by atoms with Gasteiger partial charge in [0.15, 0.2) is 5.78 Å². The summed E-state index contributed by atoms with van der Waals surface area (Å²) in [5.41, 5.74) is 1.98. The monoisotopic (exact) mass is 258 g/mol. The maximum atomic E-state index is 11.3. The molecule has 0 saturated heterocycles. The van der Waals surface area contributed by atoms with E-state index in [2.05, 4.69) is 0 Å². The first kappa shape index (κ1) is 12.1. The van der Waals surface area contributed by atoms with Crippen LogP contribution in [-0.4, -0.2) is 19.0 Å². The molecule has 0 N–H and O–H groups in total. The van der Waals surface area contributed by atoms with Crippen molar-refractivity contribution in [1.82, 2.24) is 0 Å². The second-order valence-electron chi connectivity index (χ2n) is 4.55. The zero-order valence-electron chi connectivity index (χ0n) is 10.5. The highest BCUT2D eigenvalue weighted by molar-refractivity contribution is 5.92. The van der Waals surface area contributed by atoms with Crippen LogP contribution in [0.25, 0.3) is 0 Å². The molecule has 2 aliphatic rings. The molecule has 0 amide bonds. The molecule has 2 unspecified atom stereocenters. The van der Waals surface area contributed by atoms with Gasteiger partial charge < -0.3 is 4.74 Å². The number of carbonyl (C=O) groups is 1. The van der Waals surface area contributed by atoms with Crippen LogP contribution >= 0.6 is 0 Å². The molecule has 3 rings (SSSR count). The number of fused-ring (bicyclic) bond motifs is 1. The zero-order chi connectivity index (χ0) is 13.2. The number of rotatable bonds is 2. The summed E-state index contributed by atoms with van der Waals surface area (Å²) in [6.07, 6.45) is 5.19. The van der Waals surface area contributed by atoms with E-state index in [0.29, 0.717) is 6.42 Å². The number of methoxy groups -OCH3 is 1. The third-order valence-corrected chi connectivity index (χ3v) is 3.28. The number of benzene rings is 1. The van der Waals surface area contributed by atoms with Crippen LogP contribution in [0.3, 0.4) is 0 Å². The van der Waals surface area contributed by atoms with Crippen molar-refractivity contribution in [3.8, 4) is 5.75 Å². The highest BCUT2D eigenvalue weighted by atomic mass is 17.2. The highest BCUT2D eigenvalue weighted by Gasteiger charge is 2.28. The first-order valence-electron chi connectivity index (χ1n) is 6.15. The SMILES string of the molecule is COc1ccc(C2C=C3C=CC(=O)CC3OO2)cc1. The van der Waals surface area contributed by atoms with Crippen LogP contribution in [0.15, 0.2) is 48.1 Å². The molecule has 1 aliphatic heterocycles. The second kappa shape index (κ2) is 4.99. The fraction of sp³-hybridized carbons (Fsp3) is 0.267. The van der Waals surface area contributed by atoms with Gasteiger partial charge in [-0.05, 0) is 35.4 Å². The van der Waals surface area contributed by atoms with Crippen molar-refractivity contribution in [3.63, 3.8) is 0 Å². The summed E-state index contributed by atoms with van der Waals surface area (Å²) in [5, 5.41) is 0. The van der Waals surface area contributed by atoms with Gasteiger partial charge in [-0.3, -0.25) is 4.79 Å². The Labute approximate surface area is 111 Å². The van der Waals surface area contributed by atoms with Gasteiger partial charge in [0.05, 0.1) is 7.11 Å². The number of ketones is 1. The van der Waals surface area contributed by atoms with Gasteiger partial charge in [-0.25, -0.2) is 9.78 Å². The topological polar surface area (TPSA) is 44.8 Å². The number of hydrogen-bond donors (Lipinski definition) is 0. The van der Waals surface area contributed by atoms with Crippen molar-refractivity contribution >= 4 is 5.78 Å². The molecule has 0 radical (unpaired) electrons. The van der Waals surface area contributed by atoms with Crippen molar-refractivity contribution < 1.29 is 19.3 Å². The molecule has 1 aliphatic carbocycles. The molecule has 0 saturated carbocycles. The Morgan fingerprint density at radius 1 is 1.16 bits per heavy atom. The molecule has 0 aromatic heterocycles. The van der Waals surface area contributed by atoms with Gasteiger partial charge in [-0.15, -0.1) is 0 Å². The summed E-state index contributed by atoms with van der Waals surface area (Å²) in [6, 6.07) is 7.62. The van der Waals surface area contributed by atoms with E-state index < -0.39 is 0 Å². The molecule has 4 heteroatoms. The molecule has 1 aromatic carbocycles. The summed E-state index contributed by atoms with van der Waals surface area (Å²) in [7, 11) is 1.63. The Morgan fingerprint density at radius 3 is 2.68 bits per heavy atom. The van der Waals surface area contributed by atoms with E-state index in [-0.39, 0.29) is 18.0 Å². The van der Waals surface area contributed by atoms with Crippen molar-refractivity contribution in [2.24, 2.45) is 0 Å². The molecule has 0 spiro atoms. The molecule has 2 atom stereocenters. The fourth-order valence-electron chi connectivity index (χ4n) is 2.19. The van der Waals surface area contributed by atoms with Gasteiger partial charge >= 0.3 is 0 Å². The van der Waals surface area contributed by atoms with E-state index in [1.54, 1.807) is 19.3 Å². The van der Waals surface area contributed by atoms with E-state index in [0.717, 1.165) is 16.9 Å². The molecule has 0 fully saturated rings. The average Bonchev–Trinajstić information content (AvgIpc) is 2.47. The van der Waals surface area contributed by atoms with Crippen molar-refractivity contribution in [2.75, 3.05) is 7.11 Å². The average molecular weight is 258 g/mol. The van der Waals surface area contributed by atoms with E-state index in [4.69, 9.17) is 14.5 Å². The Kier molecular flexibility index (Phi) is 3.19. The first-order valence-corrected chi connectivity index (χ1v) is 6.15. The van der Waals surface area contributed by atoms with E-state index in [1.165, 1.54) is 0 Å². The summed E-state index contributed by atoms with van der Waals surface area (Å²) in [5.74, 6) is 0.864. The van der Waals surface area contributed by atoms with Crippen LogP contribution in [0, 0.1) is 0 Å². The summed E-state index contributed by atoms with van der Waals surface area (Å²) in [4.78, 5) is 21.9. The van der Waals surface area contributed by atoms with Crippen LogP contribution in [0.2, 0.25) is 0 Å². The van der Waals surface area contributed by atoms with Crippen LogP contribution in [0.5, 0.6) is 5.75 Å². The molecular formula is C15H14O4. The van der Waals surface area contributed by atoms with E-state index in [1.807, 2.05) is 30.3 Å². The minimum atomic E-state index is -0.271. The molecular weight excluding hydrogens is 244 g/mol. The Hall–Kier alpha value is -1.91. The minimum Gasteiger partial charge on any atom is -0.497 e. The van der Waals surface area contributed by atoms with Crippen molar-refractivity contribution in [1.29, 1.82) is 0 Å². The number of allylic oxidation sites excluding steroid dienone is 1. The second-order valence-corrected chi connectivity index (χ2v) is 4.55. The summed E-state index contributed by atoms with van der Waals surface area (Å²) < 4.78 is 5.12. The predicted molar refractivity (Wildman–Crippen MR) is 68.5 cm³/mol. The fourth-order valence-corrected chi connectivity index (χ4v) is 2.19. The molecule has 1 aromatic rings. The van der Waals surface area contributed by atoms with E-state index in [9.17, 15) is 4.79 Å². The Balaban J connectivity index is 1.84. The normalized spacial score (nSPS) is 25.7. The lowest BCUT2D eigenvalue weighted by atomic mass is 9.94. The van der Waals surface area contributed by atoms with Gasteiger partial charge in [0.2, 0.25) is 0 Å². The molecule has 4 nitrogen and oxygen atoms in total. The summed E-state index contributed by atoms with van der Waals surface area (Å²) >= 11 is 0. The quantitative estimate of drug-likeness (QED) is 0.765. The lowest BCUT2D eigenvalue weighted by molar-refractivity contribution is -0.344. The number of hydrogen-bond acceptors (Lipinski definition) is 4. The lowest BCUT2D eigenvalue weighted by Gasteiger charge is -2.28. The first-order chi connectivity index (χ1) is 9.26. The van der Waals surface area contributed by atoms with Gasteiger partial charge in [-0.1, -0.05) is 18.2 Å². The van der Waals surface area contributed by atoms with Crippen LogP contribution in [0.4, 0.5) is 0 Å². The predicted octanol–water partition coefficient (Wildman–Crippen LogP) is 2.52. The van der Waals surface area contributed by atoms with Crippen molar-refractivity contribution in [3.05, 3.63) is 53.6 Å². The summed E-state index contributed by atoms with van der Waals surface area (Å²) in [6.45, 7) is 0. The molecule has 98 valence electrons. The standard InChI is InChI=1S/C15H14O4/c1-17-13-6-3-10(4-7-13)14-8-11-2-5-12(16)9-15(11)19-18-14/h2-8,14-15H,9H2,1H3. The van der Waals surface area contributed by atoms with Gasteiger partial charge in [0, 0.05) is 6.42 Å².